The summed E-state index contributed by atoms with van der Waals surface area (Å²) in [5.41, 5.74) is 0.737. The van der Waals surface area contributed by atoms with Crippen molar-refractivity contribution in [3.05, 3.63) is 30.3 Å². The van der Waals surface area contributed by atoms with Gasteiger partial charge in [-0.15, -0.1) is 0 Å². The number of nitrogens with zero attached hydrogens (tertiary/aromatic N) is 2. The van der Waals surface area contributed by atoms with Gasteiger partial charge in [0, 0.05) is 6.04 Å². The highest BCUT2D eigenvalue weighted by molar-refractivity contribution is 7.80. The van der Waals surface area contributed by atoms with Crippen LogP contribution in [-0.2, 0) is 9.59 Å². The van der Waals surface area contributed by atoms with E-state index in [4.69, 9.17) is 12.2 Å². The van der Waals surface area contributed by atoms with E-state index in [-0.39, 0.29) is 24.3 Å². The molecule has 0 spiro atoms. The maximum absolute atomic E-state index is 12.3. The number of thiocarbonyl (C=S) groups is 1. The zero-order valence-corrected chi connectivity index (χ0v) is 12.6. The number of hydrogen-bond acceptors (Lipinski definition) is 3. The highest BCUT2D eigenvalue weighted by Gasteiger charge is 2.39. The minimum absolute atomic E-state index is 0.0917. The van der Waals surface area contributed by atoms with Crippen LogP contribution >= 0.6 is 12.2 Å². The van der Waals surface area contributed by atoms with Crippen molar-refractivity contribution in [3.63, 3.8) is 0 Å². The Morgan fingerprint density at radius 2 is 1.62 bits per heavy atom. The summed E-state index contributed by atoms with van der Waals surface area (Å²) in [6.45, 7) is 0. The second-order valence-electron chi connectivity index (χ2n) is 5.58. The molecular weight excluding hydrogens is 284 g/mol. The standard InChI is InChI=1S/C16H18N2O2S/c19-14-11-15(20)18(13-9-5-2-6-10-13)16(21)17(14)12-7-3-1-4-8-12/h1,3-4,7-8,13H,2,5-6,9-11H2. The lowest BCUT2D eigenvalue weighted by Crippen LogP contribution is -2.58. The number of amides is 2. The van der Waals surface area contributed by atoms with Crippen molar-refractivity contribution >= 4 is 34.8 Å². The van der Waals surface area contributed by atoms with Gasteiger partial charge in [-0.25, -0.2) is 0 Å². The van der Waals surface area contributed by atoms with Gasteiger partial charge in [0.15, 0.2) is 5.11 Å². The highest BCUT2D eigenvalue weighted by Crippen LogP contribution is 2.29. The predicted octanol–water partition coefficient (Wildman–Crippen LogP) is 2.87. The molecule has 2 fully saturated rings. The molecule has 21 heavy (non-hydrogen) atoms. The van der Waals surface area contributed by atoms with Crippen molar-refractivity contribution in [2.24, 2.45) is 0 Å². The quantitative estimate of drug-likeness (QED) is 0.623. The molecule has 0 atom stereocenters. The topological polar surface area (TPSA) is 40.6 Å². The molecule has 0 aromatic heterocycles. The van der Waals surface area contributed by atoms with E-state index in [1.165, 1.54) is 11.3 Å². The lowest BCUT2D eigenvalue weighted by atomic mass is 9.93. The lowest BCUT2D eigenvalue weighted by Gasteiger charge is -2.41. The summed E-state index contributed by atoms with van der Waals surface area (Å²) in [6, 6.07) is 9.47. The maximum Gasteiger partial charge on any atom is 0.242 e. The van der Waals surface area contributed by atoms with Crippen molar-refractivity contribution in [3.8, 4) is 0 Å². The Kier molecular flexibility index (Phi) is 4.01. The first-order valence-electron chi connectivity index (χ1n) is 7.42. The van der Waals surface area contributed by atoms with Crippen molar-refractivity contribution in [1.29, 1.82) is 0 Å². The SMILES string of the molecule is O=C1CC(=O)N(C2CCCCC2)C(=S)N1c1ccccc1. The summed E-state index contributed by atoms with van der Waals surface area (Å²) in [6.07, 6.45) is 5.32. The van der Waals surface area contributed by atoms with Gasteiger partial charge >= 0.3 is 0 Å². The van der Waals surface area contributed by atoms with Crippen LogP contribution in [0.2, 0.25) is 0 Å². The Morgan fingerprint density at radius 3 is 2.29 bits per heavy atom. The van der Waals surface area contributed by atoms with Crippen LogP contribution in [0.5, 0.6) is 0 Å². The van der Waals surface area contributed by atoms with Gasteiger partial charge in [0.25, 0.3) is 0 Å². The fraction of sp³-hybridized carbons (Fsp3) is 0.438. The first kappa shape index (κ1) is 14.2. The number of hydrogen-bond donors (Lipinski definition) is 0. The normalized spacial score (nSPS) is 21.0. The molecule has 2 aliphatic rings. The number of carbonyl (C=O) groups is 2. The molecule has 0 radical (unpaired) electrons. The summed E-state index contributed by atoms with van der Waals surface area (Å²) in [4.78, 5) is 27.7. The van der Waals surface area contributed by atoms with E-state index in [0.717, 1.165) is 31.4 Å². The molecule has 1 aromatic carbocycles. The third-order valence-electron chi connectivity index (χ3n) is 4.17. The Morgan fingerprint density at radius 1 is 0.952 bits per heavy atom. The summed E-state index contributed by atoms with van der Waals surface area (Å²) < 4.78 is 0. The number of rotatable bonds is 2. The van der Waals surface area contributed by atoms with Crippen molar-refractivity contribution in [2.45, 2.75) is 44.6 Å². The van der Waals surface area contributed by atoms with Gasteiger partial charge in [-0.3, -0.25) is 19.4 Å². The largest absolute Gasteiger partial charge is 0.285 e. The van der Waals surface area contributed by atoms with Crippen LogP contribution in [0.4, 0.5) is 5.69 Å². The van der Waals surface area contributed by atoms with Gasteiger partial charge in [0.2, 0.25) is 11.8 Å². The molecule has 0 bridgehead atoms. The minimum atomic E-state index is -0.233. The first-order valence-corrected chi connectivity index (χ1v) is 7.83. The summed E-state index contributed by atoms with van der Waals surface area (Å²) in [7, 11) is 0. The summed E-state index contributed by atoms with van der Waals surface area (Å²) in [5.74, 6) is -0.382. The molecule has 1 aliphatic heterocycles. The van der Waals surface area contributed by atoms with Crippen LogP contribution in [0, 0.1) is 0 Å². The molecule has 0 N–H and O–H groups in total. The predicted molar refractivity (Wildman–Crippen MR) is 84.9 cm³/mol. The fourth-order valence-corrected chi connectivity index (χ4v) is 3.60. The third-order valence-corrected chi connectivity index (χ3v) is 4.55. The van der Waals surface area contributed by atoms with Gasteiger partial charge in [-0.05, 0) is 37.2 Å². The molecule has 1 aromatic rings. The Bertz CT molecular complexity index is 567. The van der Waals surface area contributed by atoms with Gasteiger partial charge in [-0.2, -0.15) is 0 Å². The first-order chi connectivity index (χ1) is 10.2. The monoisotopic (exact) mass is 302 g/mol. The summed E-state index contributed by atoms with van der Waals surface area (Å²) in [5, 5.41) is 0.342. The van der Waals surface area contributed by atoms with Crippen molar-refractivity contribution in [2.75, 3.05) is 4.90 Å². The smallest absolute Gasteiger partial charge is 0.242 e. The van der Waals surface area contributed by atoms with Crippen LogP contribution in [0.1, 0.15) is 38.5 Å². The lowest BCUT2D eigenvalue weighted by molar-refractivity contribution is -0.135. The molecule has 1 saturated heterocycles. The molecular formula is C16H18N2O2S. The zero-order valence-electron chi connectivity index (χ0n) is 11.8. The van der Waals surface area contributed by atoms with Gasteiger partial charge in [0.1, 0.15) is 6.42 Å². The molecule has 1 heterocycles. The van der Waals surface area contributed by atoms with Crippen LogP contribution in [0.15, 0.2) is 30.3 Å². The molecule has 2 amide bonds. The van der Waals surface area contributed by atoms with E-state index in [0.29, 0.717) is 5.11 Å². The van der Waals surface area contributed by atoms with Crippen LogP contribution < -0.4 is 4.90 Å². The van der Waals surface area contributed by atoms with Crippen molar-refractivity contribution < 1.29 is 9.59 Å². The summed E-state index contributed by atoms with van der Waals surface area (Å²) >= 11 is 5.48. The number of benzene rings is 1. The van der Waals surface area contributed by atoms with Crippen LogP contribution in [0.25, 0.3) is 0 Å². The third kappa shape index (κ3) is 2.70. The van der Waals surface area contributed by atoms with E-state index in [9.17, 15) is 9.59 Å². The molecule has 1 aliphatic carbocycles. The molecule has 110 valence electrons. The second kappa shape index (κ2) is 5.93. The Labute approximate surface area is 129 Å². The minimum Gasteiger partial charge on any atom is -0.285 e. The molecule has 1 saturated carbocycles. The number of anilines is 1. The van der Waals surface area contributed by atoms with E-state index in [1.54, 1.807) is 4.90 Å². The molecule has 3 rings (SSSR count). The fourth-order valence-electron chi connectivity index (χ4n) is 3.15. The average molecular weight is 302 g/mol. The van der Waals surface area contributed by atoms with E-state index in [1.807, 2.05) is 30.3 Å². The number of carbonyl (C=O) groups excluding carboxylic acids is 2. The highest BCUT2D eigenvalue weighted by atomic mass is 32.1. The average Bonchev–Trinajstić information content (AvgIpc) is 2.49. The van der Waals surface area contributed by atoms with Gasteiger partial charge in [0.05, 0.1) is 5.69 Å². The Balaban J connectivity index is 1.89. The molecule has 5 heteroatoms. The van der Waals surface area contributed by atoms with Crippen LogP contribution in [-0.4, -0.2) is 27.9 Å². The van der Waals surface area contributed by atoms with E-state index in [2.05, 4.69) is 0 Å². The second-order valence-corrected chi connectivity index (χ2v) is 5.94. The van der Waals surface area contributed by atoms with Crippen LogP contribution in [0.3, 0.4) is 0 Å². The number of para-hydroxylation sites is 1. The van der Waals surface area contributed by atoms with Gasteiger partial charge < -0.3 is 0 Å². The zero-order chi connectivity index (χ0) is 14.8. The van der Waals surface area contributed by atoms with E-state index < -0.39 is 0 Å². The maximum atomic E-state index is 12.3. The molecule has 4 nitrogen and oxygen atoms in total. The molecule has 0 unspecified atom stereocenters. The van der Waals surface area contributed by atoms with Gasteiger partial charge in [-0.1, -0.05) is 37.5 Å². The van der Waals surface area contributed by atoms with E-state index >= 15 is 0 Å². The van der Waals surface area contributed by atoms with Crippen molar-refractivity contribution in [1.82, 2.24) is 4.90 Å². The Hall–Kier alpha value is -1.75.